The van der Waals surface area contributed by atoms with E-state index in [9.17, 15) is 0 Å². The van der Waals surface area contributed by atoms with E-state index >= 15 is 0 Å². The Morgan fingerprint density at radius 1 is 1.16 bits per heavy atom. The van der Waals surface area contributed by atoms with Crippen molar-refractivity contribution in [2.45, 2.75) is 19.9 Å². The van der Waals surface area contributed by atoms with E-state index in [1.807, 2.05) is 36.0 Å². The molecule has 0 saturated heterocycles. The molecule has 0 atom stereocenters. The number of methoxy groups -OCH3 is 2. The molecule has 0 amide bonds. The Morgan fingerprint density at radius 2 is 1.96 bits per heavy atom. The van der Waals surface area contributed by atoms with Gasteiger partial charge in [0.05, 0.1) is 26.5 Å². The Morgan fingerprint density at radius 3 is 2.60 bits per heavy atom. The maximum atomic E-state index is 5.34. The van der Waals surface area contributed by atoms with Gasteiger partial charge < -0.3 is 20.1 Å². The van der Waals surface area contributed by atoms with Crippen LogP contribution in [-0.4, -0.2) is 43.0 Å². The van der Waals surface area contributed by atoms with E-state index in [1.165, 1.54) is 5.56 Å². The fourth-order valence-corrected chi connectivity index (χ4v) is 2.42. The number of aliphatic imine (C=N–C) groups is 1. The standard InChI is InChI=1S/C18H27N5O2/c1-5-19-18(21-13-15-9-11-22-23(15)2)20-10-8-14-6-7-16(24-3)17(12-14)25-4/h6-7,9,11-12H,5,8,10,13H2,1-4H3,(H2,19,20,21). The number of guanidine groups is 1. The molecule has 7 nitrogen and oxygen atoms in total. The molecule has 0 radical (unpaired) electrons. The van der Waals surface area contributed by atoms with Crippen molar-refractivity contribution in [1.29, 1.82) is 0 Å². The van der Waals surface area contributed by atoms with Gasteiger partial charge in [-0.3, -0.25) is 4.68 Å². The van der Waals surface area contributed by atoms with Crippen molar-refractivity contribution in [3.63, 3.8) is 0 Å². The molecule has 1 aromatic heterocycles. The van der Waals surface area contributed by atoms with Gasteiger partial charge in [-0.2, -0.15) is 5.10 Å². The van der Waals surface area contributed by atoms with Crippen LogP contribution in [0.4, 0.5) is 0 Å². The summed E-state index contributed by atoms with van der Waals surface area (Å²) in [6.07, 6.45) is 2.64. The van der Waals surface area contributed by atoms with Gasteiger partial charge in [0.25, 0.3) is 0 Å². The van der Waals surface area contributed by atoms with Crippen LogP contribution in [0.15, 0.2) is 35.5 Å². The lowest BCUT2D eigenvalue weighted by Gasteiger charge is -2.12. The van der Waals surface area contributed by atoms with Crippen LogP contribution in [0, 0.1) is 0 Å². The largest absolute Gasteiger partial charge is 0.493 e. The Hall–Kier alpha value is -2.70. The van der Waals surface area contributed by atoms with E-state index < -0.39 is 0 Å². The van der Waals surface area contributed by atoms with Gasteiger partial charge in [-0.05, 0) is 37.1 Å². The van der Waals surface area contributed by atoms with E-state index in [0.29, 0.717) is 6.54 Å². The molecular weight excluding hydrogens is 318 g/mol. The molecular formula is C18H27N5O2. The second-order valence-corrected chi connectivity index (χ2v) is 5.51. The van der Waals surface area contributed by atoms with Crippen molar-refractivity contribution in [1.82, 2.24) is 20.4 Å². The molecule has 2 N–H and O–H groups in total. The molecule has 25 heavy (non-hydrogen) atoms. The minimum atomic E-state index is 0.586. The monoisotopic (exact) mass is 345 g/mol. The van der Waals surface area contributed by atoms with Crippen LogP contribution < -0.4 is 20.1 Å². The SMILES string of the molecule is CCNC(=NCc1ccnn1C)NCCc1ccc(OC)c(OC)c1. The molecule has 0 unspecified atom stereocenters. The van der Waals surface area contributed by atoms with Crippen LogP contribution in [-0.2, 0) is 20.0 Å². The van der Waals surface area contributed by atoms with Gasteiger partial charge in [0.2, 0.25) is 0 Å². The third kappa shape index (κ3) is 5.41. The number of aromatic nitrogens is 2. The van der Waals surface area contributed by atoms with Gasteiger partial charge in [-0.1, -0.05) is 6.07 Å². The first kappa shape index (κ1) is 18.6. The number of nitrogens with one attached hydrogen (secondary N) is 2. The maximum absolute atomic E-state index is 5.34. The van der Waals surface area contributed by atoms with Gasteiger partial charge in [0, 0.05) is 26.3 Å². The van der Waals surface area contributed by atoms with Crippen LogP contribution in [0.5, 0.6) is 11.5 Å². The van der Waals surface area contributed by atoms with Crippen LogP contribution in [0.2, 0.25) is 0 Å². The third-order valence-corrected chi connectivity index (χ3v) is 3.82. The summed E-state index contributed by atoms with van der Waals surface area (Å²) >= 11 is 0. The minimum absolute atomic E-state index is 0.586. The maximum Gasteiger partial charge on any atom is 0.191 e. The fourth-order valence-electron chi connectivity index (χ4n) is 2.42. The highest BCUT2D eigenvalue weighted by Gasteiger charge is 2.05. The molecule has 0 spiro atoms. The van der Waals surface area contributed by atoms with E-state index in [4.69, 9.17) is 9.47 Å². The van der Waals surface area contributed by atoms with Crippen molar-refractivity contribution < 1.29 is 9.47 Å². The lowest BCUT2D eigenvalue weighted by atomic mass is 10.1. The van der Waals surface area contributed by atoms with Crippen molar-refractivity contribution in [2.75, 3.05) is 27.3 Å². The summed E-state index contributed by atoms with van der Waals surface area (Å²) in [6, 6.07) is 7.94. The molecule has 1 heterocycles. The average molecular weight is 345 g/mol. The van der Waals surface area contributed by atoms with Crippen molar-refractivity contribution in [3.05, 3.63) is 41.7 Å². The Balaban J connectivity index is 1.91. The lowest BCUT2D eigenvalue weighted by Crippen LogP contribution is -2.38. The zero-order valence-electron chi connectivity index (χ0n) is 15.4. The summed E-state index contributed by atoms with van der Waals surface area (Å²) in [5.74, 6) is 2.28. The second kappa shape index (κ2) is 9.56. The first-order valence-electron chi connectivity index (χ1n) is 8.37. The number of hydrogen-bond donors (Lipinski definition) is 2. The fraction of sp³-hybridized carbons (Fsp3) is 0.444. The molecule has 0 bridgehead atoms. The summed E-state index contributed by atoms with van der Waals surface area (Å²) in [4.78, 5) is 4.60. The zero-order chi connectivity index (χ0) is 18.1. The van der Waals surface area contributed by atoms with E-state index in [1.54, 1.807) is 20.4 Å². The smallest absolute Gasteiger partial charge is 0.191 e. The summed E-state index contributed by atoms with van der Waals surface area (Å²) in [5.41, 5.74) is 2.24. The molecule has 2 rings (SSSR count). The second-order valence-electron chi connectivity index (χ2n) is 5.51. The number of aryl methyl sites for hydroxylation is 1. The molecule has 7 heteroatoms. The first-order valence-corrected chi connectivity index (χ1v) is 8.37. The molecule has 136 valence electrons. The minimum Gasteiger partial charge on any atom is -0.493 e. The number of rotatable bonds is 8. The number of ether oxygens (including phenoxy) is 2. The van der Waals surface area contributed by atoms with Crippen LogP contribution in [0.3, 0.4) is 0 Å². The zero-order valence-corrected chi connectivity index (χ0v) is 15.4. The Bertz CT molecular complexity index is 697. The average Bonchev–Trinajstić information content (AvgIpc) is 3.04. The Kier molecular flexibility index (Phi) is 7.13. The van der Waals surface area contributed by atoms with Crippen LogP contribution in [0.1, 0.15) is 18.2 Å². The highest BCUT2D eigenvalue weighted by Crippen LogP contribution is 2.27. The van der Waals surface area contributed by atoms with E-state index in [-0.39, 0.29) is 0 Å². The molecule has 0 saturated carbocycles. The van der Waals surface area contributed by atoms with Gasteiger partial charge >= 0.3 is 0 Å². The summed E-state index contributed by atoms with van der Waals surface area (Å²) in [5, 5.41) is 10.8. The summed E-state index contributed by atoms with van der Waals surface area (Å²) in [6.45, 7) is 4.22. The van der Waals surface area contributed by atoms with E-state index in [0.717, 1.165) is 42.7 Å². The predicted octanol–water partition coefficient (Wildman–Crippen LogP) is 1.74. The quantitative estimate of drug-likeness (QED) is 0.563. The predicted molar refractivity (Wildman–Crippen MR) is 99.3 cm³/mol. The van der Waals surface area contributed by atoms with Gasteiger partial charge in [0.1, 0.15) is 0 Å². The number of benzene rings is 1. The van der Waals surface area contributed by atoms with E-state index in [2.05, 4.69) is 27.6 Å². The van der Waals surface area contributed by atoms with Gasteiger partial charge in [-0.15, -0.1) is 0 Å². The molecule has 1 aromatic carbocycles. The summed E-state index contributed by atoms with van der Waals surface area (Å²) in [7, 11) is 5.21. The van der Waals surface area contributed by atoms with Gasteiger partial charge in [0.15, 0.2) is 17.5 Å². The van der Waals surface area contributed by atoms with Crippen LogP contribution in [0.25, 0.3) is 0 Å². The highest BCUT2D eigenvalue weighted by atomic mass is 16.5. The Labute approximate surface area is 149 Å². The third-order valence-electron chi connectivity index (χ3n) is 3.82. The summed E-state index contributed by atoms with van der Waals surface area (Å²) < 4.78 is 12.4. The van der Waals surface area contributed by atoms with Crippen molar-refractivity contribution >= 4 is 5.96 Å². The molecule has 0 aliphatic rings. The lowest BCUT2D eigenvalue weighted by molar-refractivity contribution is 0.354. The van der Waals surface area contributed by atoms with Crippen LogP contribution >= 0.6 is 0 Å². The van der Waals surface area contributed by atoms with Gasteiger partial charge in [-0.25, -0.2) is 4.99 Å². The number of hydrogen-bond acceptors (Lipinski definition) is 4. The number of nitrogens with zero attached hydrogens (tertiary/aromatic N) is 3. The molecule has 0 aliphatic carbocycles. The molecule has 2 aromatic rings. The first-order chi connectivity index (χ1) is 12.2. The highest BCUT2D eigenvalue weighted by molar-refractivity contribution is 5.79. The molecule has 0 fully saturated rings. The van der Waals surface area contributed by atoms with Crippen molar-refractivity contribution in [2.24, 2.45) is 12.0 Å². The molecule has 0 aliphatic heterocycles. The normalized spacial score (nSPS) is 11.3. The van der Waals surface area contributed by atoms with Crippen molar-refractivity contribution in [3.8, 4) is 11.5 Å². The topological polar surface area (TPSA) is 72.7 Å².